The first-order chi connectivity index (χ1) is 6.50. The number of carboxylic acid groups (broad SMARTS) is 1. The molecule has 1 atom stereocenters. The molecule has 0 bridgehead atoms. The molecule has 0 unspecified atom stereocenters. The highest BCUT2D eigenvalue weighted by molar-refractivity contribution is 5.96. The standard InChI is InChI=1S/C9H11NO4/c1-5-3-7(4-14-5)8(11)10-6(2)9(12)13/h3-4,6H,1-2H3,(H,10,11)(H,12,13)/t6-/m1/s1. The maximum atomic E-state index is 11.3. The summed E-state index contributed by atoms with van der Waals surface area (Å²) in [5, 5.41) is 10.9. The maximum Gasteiger partial charge on any atom is 0.325 e. The van der Waals surface area contributed by atoms with Gasteiger partial charge >= 0.3 is 5.97 Å². The van der Waals surface area contributed by atoms with Crippen LogP contribution in [-0.2, 0) is 4.79 Å². The molecular weight excluding hydrogens is 186 g/mol. The predicted molar refractivity (Wildman–Crippen MR) is 48.0 cm³/mol. The molecule has 5 nitrogen and oxygen atoms in total. The van der Waals surface area contributed by atoms with Crippen molar-refractivity contribution < 1.29 is 19.1 Å². The molecule has 0 fully saturated rings. The highest BCUT2D eigenvalue weighted by Gasteiger charge is 2.16. The largest absolute Gasteiger partial charge is 0.480 e. The maximum absolute atomic E-state index is 11.3. The van der Waals surface area contributed by atoms with E-state index in [-0.39, 0.29) is 0 Å². The molecule has 1 aromatic rings. The van der Waals surface area contributed by atoms with Gasteiger partial charge in [-0.15, -0.1) is 0 Å². The van der Waals surface area contributed by atoms with E-state index in [1.54, 1.807) is 13.0 Å². The van der Waals surface area contributed by atoms with Crippen LogP contribution in [0.15, 0.2) is 16.7 Å². The zero-order chi connectivity index (χ0) is 10.7. The first kappa shape index (κ1) is 10.3. The van der Waals surface area contributed by atoms with Gasteiger partial charge in [0.1, 0.15) is 18.1 Å². The van der Waals surface area contributed by atoms with Crippen LogP contribution in [0.3, 0.4) is 0 Å². The van der Waals surface area contributed by atoms with Crippen molar-refractivity contribution in [3.05, 3.63) is 23.7 Å². The first-order valence-electron chi connectivity index (χ1n) is 4.09. The lowest BCUT2D eigenvalue weighted by atomic mass is 10.2. The average Bonchev–Trinajstić information content (AvgIpc) is 2.51. The lowest BCUT2D eigenvalue weighted by Crippen LogP contribution is -2.38. The SMILES string of the molecule is Cc1cc(C(=O)N[C@H](C)C(=O)O)co1. The van der Waals surface area contributed by atoms with Gasteiger partial charge < -0.3 is 14.8 Å². The van der Waals surface area contributed by atoms with E-state index in [2.05, 4.69) is 5.32 Å². The highest BCUT2D eigenvalue weighted by atomic mass is 16.4. The fourth-order valence-electron chi connectivity index (χ4n) is 0.904. The van der Waals surface area contributed by atoms with Gasteiger partial charge in [0.25, 0.3) is 5.91 Å². The first-order valence-corrected chi connectivity index (χ1v) is 4.09. The molecule has 14 heavy (non-hydrogen) atoms. The number of nitrogens with one attached hydrogen (secondary N) is 1. The number of carbonyl (C=O) groups is 2. The molecule has 1 heterocycles. The van der Waals surface area contributed by atoms with Gasteiger partial charge in [-0.25, -0.2) is 0 Å². The summed E-state index contributed by atoms with van der Waals surface area (Å²) in [4.78, 5) is 21.8. The number of aryl methyl sites for hydroxylation is 1. The topological polar surface area (TPSA) is 79.5 Å². The zero-order valence-electron chi connectivity index (χ0n) is 7.90. The Balaban J connectivity index is 2.63. The van der Waals surface area contributed by atoms with Crippen molar-refractivity contribution in [2.24, 2.45) is 0 Å². The van der Waals surface area contributed by atoms with Gasteiger partial charge in [-0.1, -0.05) is 0 Å². The van der Waals surface area contributed by atoms with Crippen LogP contribution < -0.4 is 5.32 Å². The Morgan fingerprint density at radius 3 is 2.64 bits per heavy atom. The molecular formula is C9H11NO4. The molecule has 1 amide bonds. The van der Waals surface area contributed by atoms with E-state index in [1.807, 2.05) is 0 Å². The molecule has 0 saturated carbocycles. The number of aliphatic carboxylic acids is 1. The van der Waals surface area contributed by atoms with Crippen LogP contribution in [0.5, 0.6) is 0 Å². The summed E-state index contributed by atoms with van der Waals surface area (Å²) in [6.45, 7) is 3.10. The minimum absolute atomic E-state index is 0.329. The molecule has 0 aliphatic heterocycles. The minimum Gasteiger partial charge on any atom is -0.480 e. The van der Waals surface area contributed by atoms with Gasteiger partial charge in [-0.2, -0.15) is 0 Å². The summed E-state index contributed by atoms with van der Waals surface area (Å²) in [6.07, 6.45) is 1.29. The highest BCUT2D eigenvalue weighted by Crippen LogP contribution is 2.05. The van der Waals surface area contributed by atoms with Crippen molar-refractivity contribution in [3.8, 4) is 0 Å². The average molecular weight is 197 g/mol. The van der Waals surface area contributed by atoms with Crippen molar-refractivity contribution in [1.29, 1.82) is 0 Å². The molecule has 0 saturated heterocycles. The molecule has 0 aliphatic rings. The lowest BCUT2D eigenvalue weighted by Gasteiger charge is -2.06. The molecule has 2 N–H and O–H groups in total. The summed E-state index contributed by atoms with van der Waals surface area (Å²) in [5.74, 6) is -0.909. The fraction of sp³-hybridized carbons (Fsp3) is 0.333. The van der Waals surface area contributed by atoms with Crippen molar-refractivity contribution in [3.63, 3.8) is 0 Å². The van der Waals surface area contributed by atoms with E-state index >= 15 is 0 Å². The summed E-state index contributed by atoms with van der Waals surface area (Å²) in [6, 6.07) is 0.641. The molecule has 1 rings (SSSR count). The monoisotopic (exact) mass is 197 g/mol. The van der Waals surface area contributed by atoms with Gasteiger partial charge in [0.05, 0.1) is 5.56 Å². The molecule has 5 heteroatoms. The smallest absolute Gasteiger partial charge is 0.325 e. The number of carbonyl (C=O) groups excluding carboxylic acids is 1. The quantitative estimate of drug-likeness (QED) is 0.750. The van der Waals surface area contributed by atoms with E-state index in [4.69, 9.17) is 9.52 Å². The second-order valence-corrected chi connectivity index (χ2v) is 2.98. The number of rotatable bonds is 3. The molecule has 0 spiro atoms. The molecule has 1 aromatic heterocycles. The van der Waals surface area contributed by atoms with Crippen LogP contribution in [0.2, 0.25) is 0 Å². The van der Waals surface area contributed by atoms with E-state index in [0.717, 1.165) is 0 Å². The summed E-state index contributed by atoms with van der Waals surface area (Å²) in [5.41, 5.74) is 0.329. The summed E-state index contributed by atoms with van der Waals surface area (Å²) < 4.78 is 4.92. The second kappa shape index (κ2) is 3.95. The molecule has 0 radical (unpaired) electrons. The second-order valence-electron chi connectivity index (χ2n) is 2.98. The predicted octanol–water partition coefficient (Wildman–Crippen LogP) is 0.791. The molecule has 0 aliphatic carbocycles. The van der Waals surface area contributed by atoms with Gasteiger partial charge in [0.2, 0.25) is 0 Å². The van der Waals surface area contributed by atoms with Crippen LogP contribution in [0.4, 0.5) is 0 Å². The number of amides is 1. The third-order valence-corrected chi connectivity index (χ3v) is 1.71. The zero-order valence-corrected chi connectivity index (χ0v) is 7.90. The third kappa shape index (κ3) is 2.35. The number of furan rings is 1. The van der Waals surface area contributed by atoms with E-state index < -0.39 is 17.9 Å². The van der Waals surface area contributed by atoms with E-state index in [1.165, 1.54) is 13.2 Å². The normalized spacial score (nSPS) is 12.1. The number of carboxylic acids is 1. The van der Waals surface area contributed by atoms with Crippen LogP contribution in [-0.4, -0.2) is 23.0 Å². The van der Waals surface area contributed by atoms with Crippen LogP contribution in [0, 0.1) is 6.92 Å². The van der Waals surface area contributed by atoms with E-state index in [0.29, 0.717) is 11.3 Å². The Morgan fingerprint density at radius 1 is 1.57 bits per heavy atom. The van der Waals surface area contributed by atoms with Gasteiger partial charge in [-0.3, -0.25) is 9.59 Å². The van der Waals surface area contributed by atoms with Crippen LogP contribution >= 0.6 is 0 Å². The fourth-order valence-corrected chi connectivity index (χ4v) is 0.904. The third-order valence-electron chi connectivity index (χ3n) is 1.71. The van der Waals surface area contributed by atoms with Gasteiger partial charge in [0, 0.05) is 0 Å². The van der Waals surface area contributed by atoms with Crippen molar-refractivity contribution in [2.75, 3.05) is 0 Å². The molecule has 76 valence electrons. The van der Waals surface area contributed by atoms with Gasteiger partial charge in [0.15, 0.2) is 0 Å². The van der Waals surface area contributed by atoms with Crippen molar-refractivity contribution in [1.82, 2.24) is 5.32 Å². The van der Waals surface area contributed by atoms with E-state index in [9.17, 15) is 9.59 Å². The Bertz CT molecular complexity index is 355. The summed E-state index contributed by atoms with van der Waals surface area (Å²) in [7, 11) is 0. The van der Waals surface area contributed by atoms with Crippen LogP contribution in [0.1, 0.15) is 23.0 Å². The Kier molecular flexibility index (Phi) is 2.91. The number of hydrogen-bond acceptors (Lipinski definition) is 3. The Morgan fingerprint density at radius 2 is 2.21 bits per heavy atom. The summed E-state index contributed by atoms with van der Waals surface area (Å²) >= 11 is 0. The van der Waals surface area contributed by atoms with Crippen LogP contribution in [0.25, 0.3) is 0 Å². The minimum atomic E-state index is -1.07. The molecule has 0 aromatic carbocycles. The lowest BCUT2D eigenvalue weighted by molar-refractivity contribution is -0.138. The number of hydrogen-bond donors (Lipinski definition) is 2. The van der Waals surface area contributed by atoms with Gasteiger partial charge in [-0.05, 0) is 19.9 Å². The van der Waals surface area contributed by atoms with Crippen molar-refractivity contribution >= 4 is 11.9 Å². The Hall–Kier alpha value is -1.78. The van der Waals surface area contributed by atoms with Crippen molar-refractivity contribution in [2.45, 2.75) is 19.9 Å². The Labute approximate surface area is 80.7 Å².